The maximum absolute atomic E-state index is 12.3. The Balaban J connectivity index is 2.25. The first-order valence-corrected chi connectivity index (χ1v) is 7.52. The van der Waals surface area contributed by atoms with Gasteiger partial charge in [-0.2, -0.15) is 5.10 Å². The summed E-state index contributed by atoms with van der Waals surface area (Å²) in [7, 11) is -1.94. The number of aryl methyl sites for hydroxylation is 1. The number of rotatable bonds is 3. The highest BCUT2D eigenvalue weighted by Gasteiger charge is 2.37. The highest BCUT2D eigenvalue weighted by Crippen LogP contribution is 2.38. The van der Waals surface area contributed by atoms with Crippen LogP contribution in [0.4, 0.5) is 5.82 Å². The van der Waals surface area contributed by atoms with Crippen LogP contribution in [0.2, 0.25) is 0 Å². The van der Waals surface area contributed by atoms with Crippen LogP contribution < -0.4 is 10.5 Å². The van der Waals surface area contributed by atoms with Crippen LogP contribution in [-0.2, 0) is 17.1 Å². The third-order valence-corrected chi connectivity index (χ3v) is 5.15. The normalized spacial score (nSPS) is 23.4. The van der Waals surface area contributed by atoms with Crippen LogP contribution in [0.25, 0.3) is 0 Å². The second-order valence-electron chi connectivity index (χ2n) is 5.61. The number of nitrogens with one attached hydrogen (secondary N) is 1. The van der Waals surface area contributed by atoms with Gasteiger partial charge in [-0.25, -0.2) is 13.1 Å². The van der Waals surface area contributed by atoms with Crippen molar-refractivity contribution in [2.45, 2.75) is 44.0 Å². The van der Waals surface area contributed by atoms with Gasteiger partial charge in [0.2, 0.25) is 10.0 Å². The van der Waals surface area contributed by atoms with Gasteiger partial charge in [0, 0.05) is 19.3 Å². The standard InChI is InChI=1S/C11H20N4O2S/c1-11(2)6-4-5-9(11)14-18(16,17)8-7-15(3)13-10(8)12/h7,9,14H,4-6H2,1-3H3,(H2,12,13). The van der Waals surface area contributed by atoms with Gasteiger partial charge in [0.05, 0.1) is 0 Å². The zero-order chi connectivity index (χ0) is 13.6. The van der Waals surface area contributed by atoms with E-state index >= 15 is 0 Å². The van der Waals surface area contributed by atoms with Crippen LogP contribution in [0.1, 0.15) is 33.1 Å². The maximum Gasteiger partial charge on any atom is 0.246 e. The first-order chi connectivity index (χ1) is 8.22. The maximum atomic E-state index is 12.3. The molecule has 3 N–H and O–H groups in total. The zero-order valence-corrected chi connectivity index (χ0v) is 11.8. The summed E-state index contributed by atoms with van der Waals surface area (Å²) in [6.45, 7) is 4.17. The van der Waals surface area contributed by atoms with Gasteiger partial charge in [0.1, 0.15) is 4.90 Å². The van der Waals surface area contributed by atoms with E-state index in [0.717, 1.165) is 19.3 Å². The highest BCUT2D eigenvalue weighted by atomic mass is 32.2. The molecule has 0 bridgehead atoms. The molecule has 1 fully saturated rings. The van der Waals surface area contributed by atoms with E-state index in [1.807, 2.05) is 0 Å². The molecule has 7 heteroatoms. The minimum absolute atomic E-state index is 0.00988. The fourth-order valence-corrected chi connectivity index (χ4v) is 4.03. The molecule has 1 unspecified atom stereocenters. The van der Waals surface area contributed by atoms with Crippen molar-refractivity contribution in [3.05, 3.63) is 6.20 Å². The summed E-state index contributed by atoms with van der Waals surface area (Å²) in [4.78, 5) is 0.0627. The summed E-state index contributed by atoms with van der Waals surface area (Å²) < 4.78 is 28.7. The smallest absolute Gasteiger partial charge is 0.246 e. The number of nitrogen functional groups attached to an aromatic ring is 1. The SMILES string of the molecule is Cn1cc(S(=O)(=O)NC2CCCC2(C)C)c(N)n1. The Morgan fingerprint density at radius 2 is 2.22 bits per heavy atom. The molecule has 1 atom stereocenters. The number of hydrogen-bond donors (Lipinski definition) is 2. The molecule has 2 rings (SSSR count). The molecule has 0 aromatic carbocycles. The van der Waals surface area contributed by atoms with E-state index in [-0.39, 0.29) is 22.2 Å². The lowest BCUT2D eigenvalue weighted by molar-refractivity contribution is 0.313. The second-order valence-corrected chi connectivity index (χ2v) is 7.29. The van der Waals surface area contributed by atoms with E-state index in [2.05, 4.69) is 23.7 Å². The molecule has 1 saturated carbocycles. The molecule has 1 aliphatic rings. The van der Waals surface area contributed by atoms with Gasteiger partial charge in [-0.3, -0.25) is 4.68 Å². The number of anilines is 1. The van der Waals surface area contributed by atoms with Gasteiger partial charge in [0.25, 0.3) is 0 Å². The summed E-state index contributed by atoms with van der Waals surface area (Å²) in [5.74, 6) is 0.0424. The van der Waals surface area contributed by atoms with Gasteiger partial charge >= 0.3 is 0 Å². The number of nitrogens with zero attached hydrogens (tertiary/aromatic N) is 2. The third-order valence-electron chi connectivity index (χ3n) is 3.67. The fourth-order valence-electron chi connectivity index (χ4n) is 2.49. The fraction of sp³-hybridized carbons (Fsp3) is 0.727. The Kier molecular flexibility index (Phi) is 3.14. The molecular weight excluding hydrogens is 252 g/mol. The lowest BCUT2D eigenvalue weighted by atomic mass is 9.88. The van der Waals surface area contributed by atoms with Gasteiger partial charge < -0.3 is 5.73 Å². The largest absolute Gasteiger partial charge is 0.381 e. The minimum atomic E-state index is -3.58. The first-order valence-electron chi connectivity index (χ1n) is 6.04. The molecule has 102 valence electrons. The molecule has 0 spiro atoms. The van der Waals surface area contributed by atoms with Gasteiger partial charge in [-0.05, 0) is 18.3 Å². The van der Waals surface area contributed by atoms with Crippen LogP contribution in [0.3, 0.4) is 0 Å². The number of sulfonamides is 1. The molecular formula is C11H20N4O2S. The summed E-state index contributed by atoms with van der Waals surface area (Å²) in [6.07, 6.45) is 4.37. The molecule has 1 aromatic heterocycles. The molecule has 0 radical (unpaired) electrons. The predicted octanol–water partition coefficient (Wildman–Crippen LogP) is 0.859. The molecule has 0 aliphatic heterocycles. The quantitative estimate of drug-likeness (QED) is 0.854. The average molecular weight is 272 g/mol. The molecule has 1 aliphatic carbocycles. The summed E-state index contributed by atoms with van der Waals surface area (Å²) in [5, 5.41) is 3.86. The minimum Gasteiger partial charge on any atom is -0.381 e. The van der Waals surface area contributed by atoms with E-state index in [0.29, 0.717) is 0 Å². The predicted molar refractivity (Wildman–Crippen MR) is 69.4 cm³/mol. The van der Waals surface area contributed by atoms with E-state index in [1.54, 1.807) is 7.05 Å². The summed E-state index contributed by atoms with van der Waals surface area (Å²) in [5.41, 5.74) is 5.61. The highest BCUT2D eigenvalue weighted by molar-refractivity contribution is 7.89. The van der Waals surface area contributed by atoms with Crippen molar-refractivity contribution >= 4 is 15.8 Å². The Hall–Kier alpha value is -1.08. The van der Waals surface area contributed by atoms with Crippen molar-refractivity contribution in [3.8, 4) is 0 Å². The lowest BCUT2D eigenvalue weighted by Crippen LogP contribution is -2.41. The van der Waals surface area contributed by atoms with Crippen LogP contribution >= 0.6 is 0 Å². The van der Waals surface area contributed by atoms with E-state index in [9.17, 15) is 8.42 Å². The van der Waals surface area contributed by atoms with Crippen molar-refractivity contribution in [1.29, 1.82) is 0 Å². The summed E-state index contributed by atoms with van der Waals surface area (Å²) >= 11 is 0. The van der Waals surface area contributed by atoms with Crippen LogP contribution in [0.15, 0.2) is 11.1 Å². The number of aromatic nitrogens is 2. The van der Waals surface area contributed by atoms with E-state index in [1.165, 1.54) is 10.9 Å². The molecule has 0 saturated heterocycles. The zero-order valence-electron chi connectivity index (χ0n) is 11.0. The van der Waals surface area contributed by atoms with Crippen molar-refractivity contribution in [1.82, 2.24) is 14.5 Å². The van der Waals surface area contributed by atoms with Crippen molar-refractivity contribution in [3.63, 3.8) is 0 Å². The van der Waals surface area contributed by atoms with Crippen LogP contribution in [0, 0.1) is 5.41 Å². The van der Waals surface area contributed by atoms with Crippen LogP contribution in [-0.4, -0.2) is 24.2 Å². The molecule has 0 amide bonds. The Labute approximate surface area is 108 Å². The Bertz CT molecular complexity index is 547. The molecule has 6 nitrogen and oxygen atoms in total. The monoisotopic (exact) mass is 272 g/mol. The lowest BCUT2D eigenvalue weighted by Gasteiger charge is -2.27. The molecule has 1 heterocycles. The number of hydrogen-bond acceptors (Lipinski definition) is 4. The van der Waals surface area contributed by atoms with Gasteiger partial charge in [-0.15, -0.1) is 0 Å². The third kappa shape index (κ3) is 2.37. The van der Waals surface area contributed by atoms with Gasteiger partial charge in [0.15, 0.2) is 5.82 Å². The topological polar surface area (TPSA) is 90.0 Å². The second kappa shape index (κ2) is 4.24. The van der Waals surface area contributed by atoms with Crippen molar-refractivity contribution in [2.24, 2.45) is 12.5 Å². The molecule has 1 aromatic rings. The van der Waals surface area contributed by atoms with Gasteiger partial charge in [-0.1, -0.05) is 20.3 Å². The van der Waals surface area contributed by atoms with Crippen LogP contribution in [0.5, 0.6) is 0 Å². The Morgan fingerprint density at radius 1 is 1.56 bits per heavy atom. The summed E-state index contributed by atoms with van der Waals surface area (Å²) in [6, 6.07) is -0.0397. The number of nitrogens with two attached hydrogens (primary N) is 1. The Morgan fingerprint density at radius 3 is 2.67 bits per heavy atom. The average Bonchev–Trinajstić information content (AvgIpc) is 2.70. The van der Waals surface area contributed by atoms with Crippen molar-refractivity contribution in [2.75, 3.05) is 5.73 Å². The van der Waals surface area contributed by atoms with E-state index < -0.39 is 10.0 Å². The first kappa shape index (κ1) is 13.4. The van der Waals surface area contributed by atoms with Crippen molar-refractivity contribution < 1.29 is 8.42 Å². The molecule has 18 heavy (non-hydrogen) atoms. The van der Waals surface area contributed by atoms with E-state index in [4.69, 9.17) is 5.73 Å².